The highest BCUT2D eigenvalue weighted by Gasteiger charge is 2.20. The lowest BCUT2D eigenvalue weighted by Gasteiger charge is -2.15. The van der Waals surface area contributed by atoms with Gasteiger partial charge in [-0.3, -0.25) is 4.79 Å². The number of amides is 1. The third kappa shape index (κ3) is 3.24. The fourth-order valence-corrected chi connectivity index (χ4v) is 4.23. The van der Waals surface area contributed by atoms with E-state index in [-0.39, 0.29) is 11.8 Å². The Kier molecular flexibility index (Phi) is 4.22. The molecule has 0 spiro atoms. The molecular formula is C16H18N2OS2. The summed E-state index contributed by atoms with van der Waals surface area (Å²) in [7, 11) is 0. The molecule has 1 amide bonds. The molecule has 0 bridgehead atoms. The Labute approximate surface area is 132 Å². The van der Waals surface area contributed by atoms with E-state index in [4.69, 9.17) is 0 Å². The Bertz CT molecular complexity index is 684. The van der Waals surface area contributed by atoms with Crippen molar-refractivity contribution in [2.75, 3.05) is 5.32 Å². The molecule has 5 heteroatoms. The van der Waals surface area contributed by atoms with Gasteiger partial charge in [0.2, 0.25) is 5.91 Å². The number of aryl methyl sites for hydroxylation is 2. The van der Waals surface area contributed by atoms with E-state index in [0.717, 1.165) is 25.0 Å². The number of thiazole rings is 1. The lowest BCUT2D eigenvalue weighted by atomic mass is 9.94. The Morgan fingerprint density at radius 2 is 2.24 bits per heavy atom. The highest BCUT2D eigenvalue weighted by atomic mass is 32.1. The molecule has 2 aromatic rings. The normalized spacial score (nSPS) is 17.9. The van der Waals surface area contributed by atoms with Crippen LogP contribution in [0.4, 0.5) is 5.13 Å². The maximum Gasteiger partial charge on any atom is 0.229 e. The van der Waals surface area contributed by atoms with Crippen molar-refractivity contribution in [3.8, 4) is 11.3 Å². The van der Waals surface area contributed by atoms with E-state index >= 15 is 0 Å². The van der Waals surface area contributed by atoms with E-state index < -0.39 is 0 Å². The summed E-state index contributed by atoms with van der Waals surface area (Å²) in [6.07, 6.45) is 7.01. The molecule has 0 saturated carbocycles. The molecule has 0 fully saturated rings. The lowest BCUT2D eigenvalue weighted by Crippen LogP contribution is -2.23. The number of nitrogens with zero attached hydrogens (tertiary/aromatic N) is 1. The second-order valence-electron chi connectivity index (χ2n) is 5.34. The van der Waals surface area contributed by atoms with Crippen LogP contribution in [0.2, 0.25) is 0 Å². The van der Waals surface area contributed by atoms with Crippen LogP contribution in [0.25, 0.3) is 11.3 Å². The van der Waals surface area contributed by atoms with Gasteiger partial charge >= 0.3 is 0 Å². The summed E-state index contributed by atoms with van der Waals surface area (Å²) in [5.41, 5.74) is 2.13. The fraction of sp³-hybridized carbons (Fsp3) is 0.375. The third-order valence-corrected chi connectivity index (χ3v) is 5.41. The quantitative estimate of drug-likeness (QED) is 0.827. The van der Waals surface area contributed by atoms with E-state index in [0.29, 0.717) is 5.13 Å². The first kappa shape index (κ1) is 14.5. The number of hydrogen-bond acceptors (Lipinski definition) is 4. The minimum absolute atomic E-state index is 0.0903. The van der Waals surface area contributed by atoms with Crippen LogP contribution in [0.5, 0.6) is 0 Å². The maximum atomic E-state index is 12.2. The fourth-order valence-electron chi connectivity index (χ4n) is 2.58. The van der Waals surface area contributed by atoms with Gasteiger partial charge in [-0.05, 0) is 39.2 Å². The molecule has 1 aliphatic rings. The van der Waals surface area contributed by atoms with Crippen LogP contribution in [-0.2, 0) is 4.79 Å². The van der Waals surface area contributed by atoms with Gasteiger partial charge in [-0.25, -0.2) is 4.98 Å². The minimum Gasteiger partial charge on any atom is -0.302 e. The van der Waals surface area contributed by atoms with Gasteiger partial charge in [-0.15, -0.1) is 22.7 Å². The summed E-state index contributed by atoms with van der Waals surface area (Å²) in [4.78, 5) is 19.3. The van der Waals surface area contributed by atoms with Crippen molar-refractivity contribution in [2.45, 2.75) is 33.1 Å². The number of aromatic nitrogens is 1. The van der Waals surface area contributed by atoms with Gasteiger partial charge < -0.3 is 5.32 Å². The predicted molar refractivity (Wildman–Crippen MR) is 90.0 cm³/mol. The molecule has 3 rings (SSSR count). The molecule has 0 saturated heterocycles. The average Bonchev–Trinajstić information content (AvgIpc) is 3.06. The second kappa shape index (κ2) is 6.12. The van der Waals surface area contributed by atoms with Crippen molar-refractivity contribution in [3.05, 3.63) is 33.4 Å². The molecule has 110 valence electrons. The first-order chi connectivity index (χ1) is 10.1. The summed E-state index contributed by atoms with van der Waals surface area (Å²) in [6.45, 7) is 4.21. The van der Waals surface area contributed by atoms with Crippen LogP contribution in [-0.4, -0.2) is 10.9 Å². The zero-order valence-corrected chi connectivity index (χ0v) is 13.8. The lowest BCUT2D eigenvalue weighted by molar-refractivity contribution is -0.120. The number of carbonyl (C=O) groups excluding carboxylic acids is 1. The molecule has 21 heavy (non-hydrogen) atoms. The summed E-state index contributed by atoms with van der Waals surface area (Å²) in [5, 5.41) is 5.69. The van der Waals surface area contributed by atoms with Crippen LogP contribution in [0, 0.1) is 19.8 Å². The zero-order valence-electron chi connectivity index (χ0n) is 12.2. The van der Waals surface area contributed by atoms with Crippen LogP contribution in [0.1, 0.15) is 29.0 Å². The largest absolute Gasteiger partial charge is 0.302 e. The number of allylic oxidation sites excluding steroid dienone is 2. The highest BCUT2D eigenvalue weighted by Crippen LogP contribution is 2.32. The van der Waals surface area contributed by atoms with Gasteiger partial charge in [0.1, 0.15) is 0 Å². The SMILES string of the molecule is Cc1cc(-c2csc(NC(=O)C3CC=CCC3)n2)c(C)s1. The monoisotopic (exact) mass is 318 g/mol. The van der Waals surface area contributed by atoms with E-state index in [1.807, 2.05) is 5.38 Å². The number of hydrogen-bond donors (Lipinski definition) is 1. The maximum absolute atomic E-state index is 12.2. The zero-order chi connectivity index (χ0) is 14.8. The number of nitrogens with one attached hydrogen (secondary N) is 1. The molecule has 2 aromatic heterocycles. The van der Waals surface area contributed by atoms with Gasteiger partial charge in [0.15, 0.2) is 5.13 Å². The Morgan fingerprint density at radius 3 is 2.90 bits per heavy atom. The number of carbonyl (C=O) groups is 1. The first-order valence-electron chi connectivity index (χ1n) is 7.12. The molecule has 3 nitrogen and oxygen atoms in total. The standard InChI is InChI=1S/C16H18N2OS2/c1-10-8-13(11(2)21-10)14-9-20-16(17-14)18-15(19)12-6-4-3-5-7-12/h3-4,8-9,12H,5-7H2,1-2H3,(H,17,18,19). The summed E-state index contributed by atoms with van der Waals surface area (Å²) >= 11 is 3.28. The molecule has 2 heterocycles. The van der Waals surface area contributed by atoms with Crippen LogP contribution < -0.4 is 5.32 Å². The van der Waals surface area contributed by atoms with Gasteiger partial charge in [0.05, 0.1) is 5.69 Å². The molecule has 0 aliphatic heterocycles. The third-order valence-electron chi connectivity index (χ3n) is 3.69. The van der Waals surface area contributed by atoms with Crippen molar-refractivity contribution >= 4 is 33.7 Å². The smallest absolute Gasteiger partial charge is 0.229 e. The van der Waals surface area contributed by atoms with E-state index in [2.05, 4.69) is 42.4 Å². The van der Waals surface area contributed by atoms with Crippen molar-refractivity contribution in [2.24, 2.45) is 5.92 Å². The molecular weight excluding hydrogens is 300 g/mol. The summed E-state index contributed by atoms with van der Waals surface area (Å²) in [6, 6.07) is 2.16. The van der Waals surface area contributed by atoms with E-state index in [1.165, 1.54) is 26.7 Å². The van der Waals surface area contributed by atoms with Gasteiger partial charge in [0.25, 0.3) is 0 Å². The van der Waals surface area contributed by atoms with Crippen LogP contribution in [0.15, 0.2) is 23.6 Å². The van der Waals surface area contributed by atoms with Gasteiger partial charge in [0, 0.05) is 26.6 Å². The van der Waals surface area contributed by atoms with E-state index in [1.54, 1.807) is 11.3 Å². The molecule has 1 aliphatic carbocycles. The van der Waals surface area contributed by atoms with Crippen LogP contribution >= 0.6 is 22.7 Å². The highest BCUT2D eigenvalue weighted by molar-refractivity contribution is 7.14. The number of anilines is 1. The first-order valence-corrected chi connectivity index (χ1v) is 8.82. The Morgan fingerprint density at radius 1 is 1.38 bits per heavy atom. The summed E-state index contributed by atoms with van der Waals surface area (Å²) < 4.78 is 0. The molecule has 1 unspecified atom stereocenters. The van der Waals surface area contributed by atoms with Crippen molar-refractivity contribution in [1.82, 2.24) is 4.98 Å². The second-order valence-corrected chi connectivity index (χ2v) is 7.65. The number of thiophene rings is 1. The summed E-state index contributed by atoms with van der Waals surface area (Å²) in [5.74, 6) is 0.186. The van der Waals surface area contributed by atoms with Gasteiger partial charge in [-0.2, -0.15) is 0 Å². The average molecular weight is 318 g/mol. The van der Waals surface area contributed by atoms with Crippen molar-refractivity contribution in [3.63, 3.8) is 0 Å². The Hall–Kier alpha value is -1.46. The minimum atomic E-state index is 0.0903. The topological polar surface area (TPSA) is 42.0 Å². The molecule has 1 N–H and O–H groups in total. The molecule has 1 atom stereocenters. The Balaban J connectivity index is 1.72. The van der Waals surface area contributed by atoms with Crippen molar-refractivity contribution < 1.29 is 4.79 Å². The number of rotatable bonds is 3. The van der Waals surface area contributed by atoms with E-state index in [9.17, 15) is 4.79 Å². The van der Waals surface area contributed by atoms with Crippen LogP contribution in [0.3, 0.4) is 0 Å². The molecule has 0 aromatic carbocycles. The molecule has 0 radical (unpaired) electrons. The van der Waals surface area contributed by atoms with Gasteiger partial charge in [-0.1, -0.05) is 12.2 Å². The predicted octanol–water partition coefficient (Wildman–Crippen LogP) is 4.78. The van der Waals surface area contributed by atoms with Crippen molar-refractivity contribution in [1.29, 1.82) is 0 Å².